The van der Waals surface area contributed by atoms with Crippen molar-refractivity contribution in [3.8, 4) is 11.1 Å². The van der Waals surface area contributed by atoms with Crippen LogP contribution in [0, 0.1) is 6.92 Å². The van der Waals surface area contributed by atoms with Crippen LogP contribution in [0.2, 0.25) is 0 Å². The highest BCUT2D eigenvalue weighted by Crippen LogP contribution is 2.27. The molecule has 0 unspecified atom stereocenters. The molecule has 1 heterocycles. The second-order valence-corrected chi connectivity index (χ2v) is 5.60. The second-order valence-electron chi connectivity index (χ2n) is 4.82. The Morgan fingerprint density at radius 1 is 1.29 bits per heavy atom. The minimum atomic E-state index is 0.779. The van der Waals surface area contributed by atoms with Gasteiger partial charge in [-0.15, -0.1) is 0 Å². The molecule has 1 aromatic carbocycles. The SMILES string of the molecule is Cc1ccc(CNC2CC2)cc1-c1ccsc1. The van der Waals surface area contributed by atoms with Crippen LogP contribution in [-0.2, 0) is 6.54 Å². The van der Waals surface area contributed by atoms with E-state index in [4.69, 9.17) is 0 Å². The molecule has 1 N–H and O–H groups in total. The van der Waals surface area contributed by atoms with Crippen LogP contribution in [-0.4, -0.2) is 6.04 Å². The number of hydrogen-bond donors (Lipinski definition) is 1. The van der Waals surface area contributed by atoms with Gasteiger partial charge in [0.05, 0.1) is 0 Å². The van der Waals surface area contributed by atoms with Crippen LogP contribution < -0.4 is 5.32 Å². The molecule has 1 fully saturated rings. The van der Waals surface area contributed by atoms with Gasteiger partial charge in [0.25, 0.3) is 0 Å². The fourth-order valence-electron chi connectivity index (χ4n) is 2.06. The van der Waals surface area contributed by atoms with Gasteiger partial charge in [-0.1, -0.05) is 12.1 Å². The first-order chi connectivity index (χ1) is 8.33. The van der Waals surface area contributed by atoms with Crippen LogP contribution >= 0.6 is 11.3 Å². The molecule has 1 nitrogen and oxygen atoms in total. The van der Waals surface area contributed by atoms with Crippen molar-refractivity contribution in [3.63, 3.8) is 0 Å². The molecule has 0 aliphatic heterocycles. The normalized spacial score (nSPS) is 15.1. The summed E-state index contributed by atoms with van der Waals surface area (Å²) >= 11 is 1.76. The summed E-state index contributed by atoms with van der Waals surface area (Å²) in [5, 5.41) is 7.93. The van der Waals surface area contributed by atoms with E-state index in [1.807, 2.05) is 0 Å². The van der Waals surface area contributed by atoms with Crippen LogP contribution in [0.5, 0.6) is 0 Å². The van der Waals surface area contributed by atoms with Gasteiger partial charge in [0, 0.05) is 12.6 Å². The summed E-state index contributed by atoms with van der Waals surface area (Å²) in [6.07, 6.45) is 2.70. The Balaban J connectivity index is 1.83. The third-order valence-corrected chi connectivity index (χ3v) is 3.99. The van der Waals surface area contributed by atoms with Gasteiger partial charge in [0.1, 0.15) is 0 Å². The van der Waals surface area contributed by atoms with Gasteiger partial charge in [0.15, 0.2) is 0 Å². The van der Waals surface area contributed by atoms with E-state index in [0.29, 0.717) is 0 Å². The molecule has 2 heteroatoms. The quantitative estimate of drug-likeness (QED) is 0.856. The average Bonchev–Trinajstić information content (AvgIpc) is 3.01. The lowest BCUT2D eigenvalue weighted by Gasteiger charge is -2.08. The second kappa shape index (κ2) is 4.63. The predicted molar refractivity (Wildman–Crippen MR) is 74.4 cm³/mol. The molecule has 1 aliphatic rings. The molecule has 1 aromatic heterocycles. The van der Waals surface area contributed by atoms with Gasteiger partial charge in [-0.2, -0.15) is 11.3 Å². The van der Waals surface area contributed by atoms with Crippen molar-refractivity contribution in [1.82, 2.24) is 5.32 Å². The van der Waals surface area contributed by atoms with Gasteiger partial charge in [-0.3, -0.25) is 0 Å². The number of benzene rings is 1. The zero-order valence-corrected chi connectivity index (χ0v) is 10.9. The van der Waals surface area contributed by atoms with Crippen molar-refractivity contribution in [1.29, 1.82) is 0 Å². The van der Waals surface area contributed by atoms with Crippen molar-refractivity contribution < 1.29 is 0 Å². The van der Waals surface area contributed by atoms with Gasteiger partial charge < -0.3 is 5.32 Å². The number of aryl methyl sites for hydroxylation is 1. The molecule has 1 saturated carbocycles. The van der Waals surface area contributed by atoms with Crippen molar-refractivity contribution >= 4 is 11.3 Å². The van der Waals surface area contributed by atoms with E-state index in [2.05, 4.69) is 47.3 Å². The molecule has 0 radical (unpaired) electrons. The number of nitrogens with one attached hydrogen (secondary N) is 1. The zero-order valence-electron chi connectivity index (χ0n) is 10.1. The van der Waals surface area contributed by atoms with Crippen LogP contribution in [0.1, 0.15) is 24.0 Å². The molecular formula is C15H17NS. The number of thiophene rings is 1. The summed E-state index contributed by atoms with van der Waals surface area (Å²) in [5.74, 6) is 0. The standard InChI is InChI=1S/C15H17NS/c1-11-2-3-12(9-16-14-4-5-14)8-15(11)13-6-7-17-10-13/h2-3,6-8,10,14,16H,4-5,9H2,1H3. The van der Waals surface area contributed by atoms with E-state index < -0.39 is 0 Å². The maximum absolute atomic E-state index is 3.57. The van der Waals surface area contributed by atoms with E-state index in [9.17, 15) is 0 Å². The Bertz CT molecular complexity index is 498. The van der Waals surface area contributed by atoms with Gasteiger partial charge >= 0.3 is 0 Å². The summed E-state index contributed by atoms with van der Waals surface area (Å²) < 4.78 is 0. The van der Waals surface area contributed by atoms with E-state index >= 15 is 0 Å². The Morgan fingerprint density at radius 3 is 2.88 bits per heavy atom. The Morgan fingerprint density at radius 2 is 2.18 bits per heavy atom. The Kier molecular flexibility index (Phi) is 3.00. The Hall–Kier alpha value is -1.12. The van der Waals surface area contributed by atoms with Crippen LogP contribution in [0.15, 0.2) is 35.0 Å². The maximum Gasteiger partial charge on any atom is 0.0208 e. The monoisotopic (exact) mass is 243 g/mol. The van der Waals surface area contributed by atoms with Crippen LogP contribution in [0.4, 0.5) is 0 Å². The largest absolute Gasteiger partial charge is 0.310 e. The first-order valence-corrected chi connectivity index (χ1v) is 7.13. The number of rotatable bonds is 4. The van der Waals surface area contributed by atoms with Crippen molar-refractivity contribution in [2.75, 3.05) is 0 Å². The molecule has 88 valence electrons. The highest BCUT2D eigenvalue weighted by atomic mass is 32.1. The first-order valence-electron chi connectivity index (χ1n) is 6.18. The highest BCUT2D eigenvalue weighted by Gasteiger charge is 2.19. The average molecular weight is 243 g/mol. The lowest BCUT2D eigenvalue weighted by atomic mass is 10.0. The summed E-state index contributed by atoms with van der Waals surface area (Å²) in [7, 11) is 0. The van der Waals surface area contributed by atoms with Crippen LogP contribution in [0.3, 0.4) is 0 Å². The Labute approximate surface area is 106 Å². The summed E-state index contributed by atoms with van der Waals surface area (Å²) in [6.45, 7) is 3.19. The van der Waals surface area contributed by atoms with E-state index in [1.165, 1.54) is 35.1 Å². The molecular weight excluding hydrogens is 226 g/mol. The predicted octanol–water partition coefficient (Wildman–Crippen LogP) is 3.98. The summed E-state index contributed by atoms with van der Waals surface area (Å²) in [6, 6.07) is 9.77. The molecule has 2 aromatic rings. The molecule has 3 rings (SSSR count). The molecule has 0 saturated heterocycles. The summed E-state index contributed by atoms with van der Waals surface area (Å²) in [4.78, 5) is 0. The lowest BCUT2D eigenvalue weighted by Crippen LogP contribution is -2.15. The molecule has 17 heavy (non-hydrogen) atoms. The first kappa shape index (κ1) is 11.0. The number of hydrogen-bond acceptors (Lipinski definition) is 2. The fraction of sp³-hybridized carbons (Fsp3) is 0.333. The van der Waals surface area contributed by atoms with E-state index in [1.54, 1.807) is 11.3 Å². The topological polar surface area (TPSA) is 12.0 Å². The molecule has 0 amide bonds. The lowest BCUT2D eigenvalue weighted by molar-refractivity contribution is 0.688. The van der Waals surface area contributed by atoms with Crippen molar-refractivity contribution in [3.05, 3.63) is 46.2 Å². The van der Waals surface area contributed by atoms with Crippen molar-refractivity contribution in [2.45, 2.75) is 32.4 Å². The molecule has 0 atom stereocenters. The van der Waals surface area contributed by atoms with Gasteiger partial charge in [-0.05, 0) is 64.9 Å². The maximum atomic E-state index is 3.57. The smallest absolute Gasteiger partial charge is 0.0208 e. The van der Waals surface area contributed by atoms with Crippen LogP contribution in [0.25, 0.3) is 11.1 Å². The molecule has 1 aliphatic carbocycles. The third-order valence-electron chi connectivity index (χ3n) is 3.31. The summed E-state index contributed by atoms with van der Waals surface area (Å²) in [5.41, 5.74) is 5.48. The van der Waals surface area contributed by atoms with E-state index in [-0.39, 0.29) is 0 Å². The molecule has 0 bridgehead atoms. The van der Waals surface area contributed by atoms with Crippen molar-refractivity contribution in [2.24, 2.45) is 0 Å². The third kappa shape index (κ3) is 2.59. The minimum Gasteiger partial charge on any atom is -0.310 e. The fourth-order valence-corrected chi connectivity index (χ4v) is 2.71. The minimum absolute atomic E-state index is 0.779. The zero-order chi connectivity index (χ0) is 11.7. The highest BCUT2D eigenvalue weighted by molar-refractivity contribution is 7.08. The molecule has 0 spiro atoms. The van der Waals surface area contributed by atoms with Gasteiger partial charge in [0.2, 0.25) is 0 Å². The van der Waals surface area contributed by atoms with Gasteiger partial charge in [-0.25, -0.2) is 0 Å². The van der Waals surface area contributed by atoms with E-state index in [0.717, 1.165) is 12.6 Å².